The summed E-state index contributed by atoms with van der Waals surface area (Å²) in [5, 5.41) is 6.63. The Hall–Kier alpha value is -3.49. The van der Waals surface area contributed by atoms with Gasteiger partial charge in [0.2, 0.25) is 0 Å². The van der Waals surface area contributed by atoms with Gasteiger partial charge < -0.3 is 19.3 Å². The topological polar surface area (TPSA) is 73.6 Å². The Morgan fingerprint density at radius 2 is 1.70 bits per heavy atom. The number of hydrogen-bond acceptors (Lipinski definition) is 5. The number of nitrogens with zero attached hydrogens (tertiary/aromatic N) is 1. The Labute approximate surface area is 170 Å². The highest BCUT2D eigenvalue weighted by Crippen LogP contribution is 2.29. The predicted molar refractivity (Wildman–Crippen MR) is 102 cm³/mol. The summed E-state index contributed by atoms with van der Waals surface area (Å²) in [4.78, 5) is 12.7. The fourth-order valence-corrected chi connectivity index (χ4v) is 2.84. The van der Waals surface area contributed by atoms with E-state index < -0.39 is 6.36 Å². The van der Waals surface area contributed by atoms with Crippen LogP contribution in [0.25, 0.3) is 11.3 Å². The average Bonchev–Trinajstić information content (AvgIpc) is 3.09. The maximum atomic E-state index is 12.7. The molecule has 2 aromatic carbocycles. The second kappa shape index (κ2) is 8.89. The highest BCUT2D eigenvalue weighted by atomic mass is 19.4. The number of carbonyl (C=O) groups excluding carboxylic acids is 1. The van der Waals surface area contributed by atoms with Crippen molar-refractivity contribution in [3.63, 3.8) is 0 Å². The molecule has 0 fully saturated rings. The molecule has 6 nitrogen and oxygen atoms in total. The summed E-state index contributed by atoms with van der Waals surface area (Å²) in [5.74, 6) is 0.174. The summed E-state index contributed by atoms with van der Waals surface area (Å²) < 4.78 is 51.1. The molecule has 0 atom stereocenters. The maximum absolute atomic E-state index is 12.7. The molecule has 3 aromatic rings. The Bertz CT molecular complexity index is 997. The zero-order chi connectivity index (χ0) is 21.7. The Morgan fingerprint density at radius 1 is 1.07 bits per heavy atom. The zero-order valence-corrected chi connectivity index (χ0v) is 16.2. The van der Waals surface area contributed by atoms with Crippen molar-refractivity contribution in [2.45, 2.75) is 19.7 Å². The maximum Gasteiger partial charge on any atom is 0.573 e. The minimum absolute atomic E-state index is 0.174. The van der Waals surface area contributed by atoms with Gasteiger partial charge >= 0.3 is 6.36 Å². The fourth-order valence-electron chi connectivity index (χ4n) is 2.84. The first kappa shape index (κ1) is 21.2. The molecule has 0 saturated heterocycles. The lowest BCUT2D eigenvalue weighted by Crippen LogP contribution is -2.26. The fraction of sp³-hybridized carbons (Fsp3) is 0.238. The third kappa shape index (κ3) is 5.31. The molecule has 0 aliphatic rings. The number of alkyl halides is 3. The number of nitrogens with one attached hydrogen (secondary N) is 1. The van der Waals surface area contributed by atoms with Crippen molar-refractivity contribution in [3.05, 3.63) is 65.4 Å². The number of ether oxygens (including phenoxy) is 2. The molecule has 9 heteroatoms. The third-order valence-electron chi connectivity index (χ3n) is 4.30. The van der Waals surface area contributed by atoms with E-state index in [0.717, 1.165) is 23.4 Å². The van der Waals surface area contributed by atoms with Crippen molar-refractivity contribution in [1.82, 2.24) is 10.5 Å². The number of halogens is 3. The minimum Gasteiger partial charge on any atom is -0.497 e. The third-order valence-corrected chi connectivity index (χ3v) is 4.30. The van der Waals surface area contributed by atoms with Gasteiger partial charge in [-0.1, -0.05) is 17.3 Å². The number of methoxy groups -OCH3 is 1. The van der Waals surface area contributed by atoms with E-state index in [-0.39, 0.29) is 23.0 Å². The van der Waals surface area contributed by atoms with Gasteiger partial charge in [-0.15, -0.1) is 13.2 Å². The Balaban J connectivity index is 1.67. The van der Waals surface area contributed by atoms with E-state index in [9.17, 15) is 18.0 Å². The molecule has 30 heavy (non-hydrogen) atoms. The van der Waals surface area contributed by atoms with Crippen molar-refractivity contribution in [2.75, 3.05) is 13.7 Å². The van der Waals surface area contributed by atoms with Crippen molar-refractivity contribution in [3.8, 4) is 22.8 Å². The number of carbonyl (C=O) groups is 1. The van der Waals surface area contributed by atoms with E-state index in [1.165, 1.54) is 12.1 Å². The van der Waals surface area contributed by atoms with E-state index >= 15 is 0 Å². The normalized spacial score (nSPS) is 11.2. The van der Waals surface area contributed by atoms with Gasteiger partial charge in [0.25, 0.3) is 5.91 Å². The van der Waals surface area contributed by atoms with Crippen molar-refractivity contribution in [2.24, 2.45) is 0 Å². The molecule has 0 spiro atoms. The van der Waals surface area contributed by atoms with Gasteiger partial charge in [0.15, 0.2) is 5.76 Å². The van der Waals surface area contributed by atoms with Crippen LogP contribution in [0.1, 0.15) is 21.6 Å². The number of hydrogen-bond donors (Lipinski definition) is 1. The van der Waals surface area contributed by atoms with Gasteiger partial charge in [0, 0.05) is 12.1 Å². The molecular formula is C21H19F3N2O4. The molecule has 0 bridgehead atoms. The van der Waals surface area contributed by atoms with E-state index in [2.05, 4.69) is 15.2 Å². The smallest absolute Gasteiger partial charge is 0.497 e. The molecule has 3 rings (SSSR count). The Morgan fingerprint density at radius 3 is 2.30 bits per heavy atom. The number of aromatic nitrogens is 1. The largest absolute Gasteiger partial charge is 0.573 e. The van der Waals surface area contributed by atoms with Crippen LogP contribution >= 0.6 is 0 Å². The number of amides is 1. The predicted octanol–water partition coefficient (Wildman–Crippen LogP) is 4.53. The standard InChI is InChI=1S/C21H19F3N2O4/c1-13-18(20(27)25-12-11-14-3-7-16(28-2)8-4-14)19(30-26-13)15-5-9-17(10-6-15)29-21(22,23)24/h3-10H,11-12H2,1-2H3,(H,25,27). The van der Waals surface area contributed by atoms with Crippen molar-refractivity contribution >= 4 is 5.91 Å². The van der Waals surface area contributed by atoms with Gasteiger partial charge in [0.1, 0.15) is 17.1 Å². The molecule has 158 valence electrons. The summed E-state index contributed by atoms with van der Waals surface area (Å²) in [6, 6.07) is 12.5. The second-order valence-electron chi connectivity index (χ2n) is 6.40. The number of benzene rings is 2. The van der Waals surface area contributed by atoms with Gasteiger partial charge in [-0.2, -0.15) is 0 Å². The summed E-state index contributed by atoms with van der Waals surface area (Å²) in [6.07, 6.45) is -4.17. The lowest BCUT2D eigenvalue weighted by molar-refractivity contribution is -0.274. The van der Waals surface area contributed by atoms with Gasteiger partial charge in [-0.25, -0.2) is 0 Å². The van der Waals surface area contributed by atoms with Crippen LogP contribution in [-0.4, -0.2) is 31.1 Å². The van der Waals surface area contributed by atoms with Gasteiger partial charge in [0.05, 0.1) is 12.8 Å². The first-order valence-corrected chi connectivity index (χ1v) is 9.00. The molecule has 1 N–H and O–H groups in total. The van der Waals surface area contributed by atoms with Crippen molar-refractivity contribution < 1.29 is 32.0 Å². The van der Waals surface area contributed by atoms with Crippen LogP contribution in [0.15, 0.2) is 53.1 Å². The molecule has 0 aliphatic carbocycles. The highest BCUT2D eigenvalue weighted by Gasteiger charge is 2.31. The summed E-state index contributed by atoms with van der Waals surface area (Å²) >= 11 is 0. The first-order chi connectivity index (χ1) is 14.3. The van der Waals surface area contributed by atoms with Crippen LogP contribution in [0.4, 0.5) is 13.2 Å². The second-order valence-corrected chi connectivity index (χ2v) is 6.40. The summed E-state index contributed by atoms with van der Waals surface area (Å²) in [7, 11) is 1.59. The zero-order valence-electron chi connectivity index (χ0n) is 16.2. The number of aryl methyl sites for hydroxylation is 1. The molecule has 0 unspecified atom stereocenters. The van der Waals surface area contributed by atoms with Gasteiger partial charge in [-0.05, 0) is 55.3 Å². The molecule has 1 aromatic heterocycles. The van der Waals surface area contributed by atoms with Crippen molar-refractivity contribution in [1.29, 1.82) is 0 Å². The quantitative estimate of drug-likeness (QED) is 0.608. The molecule has 0 radical (unpaired) electrons. The van der Waals surface area contributed by atoms with Crippen LogP contribution in [0.2, 0.25) is 0 Å². The molecule has 1 heterocycles. The minimum atomic E-state index is -4.78. The van der Waals surface area contributed by atoms with E-state index in [0.29, 0.717) is 24.2 Å². The first-order valence-electron chi connectivity index (χ1n) is 9.00. The number of rotatable bonds is 7. The lowest BCUT2D eigenvalue weighted by atomic mass is 10.1. The van der Waals surface area contributed by atoms with Crippen LogP contribution in [0, 0.1) is 6.92 Å². The monoisotopic (exact) mass is 420 g/mol. The SMILES string of the molecule is COc1ccc(CCNC(=O)c2c(C)noc2-c2ccc(OC(F)(F)F)cc2)cc1. The van der Waals surface area contributed by atoms with Gasteiger partial charge in [-0.3, -0.25) is 4.79 Å². The molecule has 0 saturated carbocycles. The van der Waals surface area contributed by atoms with E-state index in [4.69, 9.17) is 9.26 Å². The van der Waals surface area contributed by atoms with Crippen LogP contribution < -0.4 is 14.8 Å². The summed E-state index contributed by atoms with van der Waals surface area (Å²) in [5.41, 5.74) is 2.04. The highest BCUT2D eigenvalue weighted by molar-refractivity contribution is 6.00. The lowest BCUT2D eigenvalue weighted by Gasteiger charge is -2.09. The molecular weight excluding hydrogens is 401 g/mol. The molecule has 1 amide bonds. The summed E-state index contributed by atoms with van der Waals surface area (Å²) in [6.45, 7) is 2.00. The van der Waals surface area contributed by atoms with E-state index in [1.54, 1.807) is 14.0 Å². The average molecular weight is 420 g/mol. The van der Waals surface area contributed by atoms with E-state index in [1.807, 2.05) is 24.3 Å². The molecule has 0 aliphatic heterocycles. The van der Waals surface area contributed by atoms with Crippen LogP contribution in [0.5, 0.6) is 11.5 Å². The van der Waals surface area contributed by atoms with Crippen LogP contribution in [-0.2, 0) is 6.42 Å². The van der Waals surface area contributed by atoms with Crippen LogP contribution in [0.3, 0.4) is 0 Å². The Kier molecular flexibility index (Phi) is 6.29.